The summed E-state index contributed by atoms with van der Waals surface area (Å²) in [6.45, 7) is -2.79. The normalized spacial score (nSPS) is 11.6. The number of hydrogen-bond acceptors (Lipinski definition) is 5. The molecular formula is C9H11Cl2O3PS2. The lowest BCUT2D eigenvalue weighted by Gasteiger charge is -2.19. The van der Waals surface area contributed by atoms with Crippen molar-refractivity contribution in [1.29, 1.82) is 0 Å². The molecule has 8 heteroatoms. The lowest BCUT2D eigenvalue weighted by Crippen LogP contribution is -1.97. The summed E-state index contributed by atoms with van der Waals surface area (Å²) >= 11 is 18.7. The van der Waals surface area contributed by atoms with Crippen molar-refractivity contribution in [1.82, 2.24) is 0 Å². The van der Waals surface area contributed by atoms with Crippen LogP contribution >= 0.6 is 41.7 Å². The molecule has 0 N–H and O–H groups in total. The summed E-state index contributed by atoms with van der Waals surface area (Å²) in [7, 11) is 2.85. The van der Waals surface area contributed by atoms with E-state index < -0.39 is 6.72 Å². The van der Waals surface area contributed by atoms with Crippen molar-refractivity contribution in [3.05, 3.63) is 22.2 Å². The van der Waals surface area contributed by atoms with Crippen molar-refractivity contribution in [2.45, 2.75) is 4.90 Å². The maximum atomic E-state index is 6.09. The van der Waals surface area contributed by atoms with Gasteiger partial charge in [0.15, 0.2) is 0 Å². The average Bonchev–Trinajstić information content (AvgIpc) is 2.35. The first-order valence-electron chi connectivity index (χ1n) is 4.40. The molecule has 96 valence electrons. The fourth-order valence-electron chi connectivity index (χ4n) is 1.01. The van der Waals surface area contributed by atoms with E-state index in [4.69, 9.17) is 48.6 Å². The molecular weight excluding hydrogens is 322 g/mol. The summed E-state index contributed by atoms with van der Waals surface area (Å²) in [6, 6.07) is 3.50. The number of hydrogen-bond donors (Lipinski definition) is 0. The number of benzene rings is 1. The van der Waals surface area contributed by atoms with E-state index in [9.17, 15) is 0 Å². The molecule has 1 rings (SSSR count). The third kappa shape index (κ3) is 3.74. The number of rotatable bonds is 5. The van der Waals surface area contributed by atoms with E-state index in [-0.39, 0.29) is 0 Å². The highest BCUT2D eigenvalue weighted by Gasteiger charge is 2.21. The quantitative estimate of drug-likeness (QED) is 0.579. The van der Waals surface area contributed by atoms with Crippen molar-refractivity contribution < 1.29 is 13.6 Å². The van der Waals surface area contributed by atoms with Gasteiger partial charge in [0.25, 0.3) is 0 Å². The number of thioether (sulfide) groups is 1. The SMILES string of the molecule is COP(=S)(OC)Oc1ccc(SC)c(Cl)c1Cl. The molecule has 0 aromatic heterocycles. The highest BCUT2D eigenvalue weighted by atomic mass is 35.5. The molecule has 0 aliphatic rings. The van der Waals surface area contributed by atoms with E-state index in [0.717, 1.165) is 4.90 Å². The van der Waals surface area contributed by atoms with Crippen molar-refractivity contribution >= 4 is 53.5 Å². The van der Waals surface area contributed by atoms with Crippen LogP contribution in [0.3, 0.4) is 0 Å². The van der Waals surface area contributed by atoms with Gasteiger partial charge in [-0.3, -0.25) is 0 Å². The van der Waals surface area contributed by atoms with Crippen molar-refractivity contribution in [2.75, 3.05) is 20.5 Å². The molecule has 0 heterocycles. The van der Waals surface area contributed by atoms with Gasteiger partial charge in [-0.25, -0.2) is 0 Å². The third-order valence-corrected chi connectivity index (χ3v) is 6.08. The molecule has 3 nitrogen and oxygen atoms in total. The Hall–Kier alpha value is 0.520. The van der Waals surface area contributed by atoms with Crippen molar-refractivity contribution in [3.8, 4) is 5.75 Å². The summed E-state index contributed by atoms with van der Waals surface area (Å²) in [5.41, 5.74) is 0. The second-order valence-electron chi connectivity index (χ2n) is 2.80. The van der Waals surface area contributed by atoms with Gasteiger partial charge in [-0.2, -0.15) is 0 Å². The summed E-state index contributed by atoms with van der Waals surface area (Å²) < 4.78 is 15.5. The second-order valence-corrected chi connectivity index (χ2v) is 7.55. The Kier molecular flexibility index (Phi) is 6.06. The maximum Gasteiger partial charge on any atom is 0.380 e. The molecule has 0 atom stereocenters. The van der Waals surface area contributed by atoms with Gasteiger partial charge in [0.1, 0.15) is 10.8 Å². The molecule has 0 amide bonds. The smallest absolute Gasteiger partial charge is 0.380 e. The zero-order valence-electron chi connectivity index (χ0n) is 9.40. The maximum absolute atomic E-state index is 6.09. The van der Waals surface area contributed by atoms with Gasteiger partial charge in [0.05, 0.1) is 5.02 Å². The molecule has 0 spiro atoms. The van der Waals surface area contributed by atoms with Crippen LogP contribution < -0.4 is 4.52 Å². The summed E-state index contributed by atoms with van der Waals surface area (Å²) in [4.78, 5) is 0.868. The molecule has 0 unspecified atom stereocenters. The van der Waals surface area contributed by atoms with Gasteiger partial charge in [-0.05, 0) is 18.4 Å². The van der Waals surface area contributed by atoms with Crippen LogP contribution in [0.4, 0.5) is 0 Å². The minimum absolute atomic E-state index is 0.307. The molecule has 17 heavy (non-hydrogen) atoms. The Morgan fingerprint density at radius 2 is 1.76 bits per heavy atom. The summed E-state index contributed by atoms with van der Waals surface area (Å²) in [5, 5.41) is 0.743. The van der Waals surface area contributed by atoms with Gasteiger partial charge in [0, 0.05) is 30.9 Å². The minimum atomic E-state index is -2.79. The lowest BCUT2D eigenvalue weighted by atomic mass is 10.3. The molecule has 0 aliphatic heterocycles. The zero-order chi connectivity index (χ0) is 13.1. The van der Waals surface area contributed by atoms with Crippen LogP contribution in [0.2, 0.25) is 10.0 Å². The van der Waals surface area contributed by atoms with Crippen LogP contribution in [0.15, 0.2) is 17.0 Å². The Morgan fingerprint density at radius 1 is 1.18 bits per heavy atom. The van der Waals surface area contributed by atoms with Gasteiger partial charge >= 0.3 is 6.72 Å². The van der Waals surface area contributed by atoms with Gasteiger partial charge < -0.3 is 13.6 Å². The lowest BCUT2D eigenvalue weighted by molar-refractivity contribution is 0.273. The highest BCUT2D eigenvalue weighted by molar-refractivity contribution is 8.07. The topological polar surface area (TPSA) is 27.7 Å². The van der Waals surface area contributed by atoms with Crippen LogP contribution in [-0.2, 0) is 20.9 Å². The third-order valence-electron chi connectivity index (χ3n) is 1.89. The van der Waals surface area contributed by atoms with Crippen LogP contribution in [0, 0.1) is 0 Å². The van der Waals surface area contributed by atoms with Crippen LogP contribution in [0.5, 0.6) is 5.75 Å². The van der Waals surface area contributed by atoms with E-state index in [1.165, 1.54) is 26.0 Å². The van der Waals surface area contributed by atoms with E-state index in [2.05, 4.69) is 0 Å². The van der Waals surface area contributed by atoms with E-state index in [1.807, 2.05) is 6.26 Å². The van der Waals surface area contributed by atoms with Gasteiger partial charge in [-0.15, -0.1) is 11.8 Å². The fourth-order valence-corrected chi connectivity index (χ4v) is 3.13. The van der Waals surface area contributed by atoms with Gasteiger partial charge in [0.2, 0.25) is 0 Å². The van der Waals surface area contributed by atoms with E-state index in [1.54, 1.807) is 12.1 Å². The van der Waals surface area contributed by atoms with Crippen LogP contribution in [0.25, 0.3) is 0 Å². The standard InChI is InChI=1S/C9H11Cl2O3PS2/c1-12-15(16,13-2)14-6-4-5-7(17-3)9(11)8(6)10/h4-5H,1-3H3. The predicted molar refractivity (Wildman–Crippen MR) is 77.2 cm³/mol. The first kappa shape index (κ1) is 15.6. The zero-order valence-corrected chi connectivity index (χ0v) is 13.4. The molecule has 1 aromatic carbocycles. The van der Waals surface area contributed by atoms with Crippen molar-refractivity contribution in [3.63, 3.8) is 0 Å². The molecule has 1 aromatic rings. The first-order valence-corrected chi connectivity index (χ1v) is 8.94. The average molecular weight is 333 g/mol. The summed E-state index contributed by atoms with van der Waals surface area (Å²) in [5.74, 6) is 0.363. The van der Waals surface area contributed by atoms with E-state index >= 15 is 0 Å². The van der Waals surface area contributed by atoms with Crippen molar-refractivity contribution in [2.24, 2.45) is 0 Å². The Labute approximate surface area is 120 Å². The molecule has 0 bridgehead atoms. The Morgan fingerprint density at radius 3 is 2.24 bits per heavy atom. The monoisotopic (exact) mass is 332 g/mol. The largest absolute Gasteiger partial charge is 0.422 e. The van der Waals surface area contributed by atoms with E-state index in [0.29, 0.717) is 15.8 Å². The molecule has 0 fully saturated rings. The second kappa shape index (κ2) is 6.62. The van der Waals surface area contributed by atoms with Gasteiger partial charge in [-0.1, -0.05) is 23.2 Å². The predicted octanol–water partition coefficient (Wildman–Crippen LogP) is 4.61. The molecule has 0 saturated carbocycles. The summed E-state index contributed by atoms with van der Waals surface area (Å²) in [6.07, 6.45) is 1.91. The number of halogens is 2. The fraction of sp³-hybridized carbons (Fsp3) is 0.333. The molecule has 0 aliphatic carbocycles. The van der Waals surface area contributed by atoms with Crippen LogP contribution in [-0.4, -0.2) is 20.5 Å². The first-order chi connectivity index (χ1) is 7.97. The Bertz CT molecular complexity index is 448. The van der Waals surface area contributed by atoms with Crippen LogP contribution in [0.1, 0.15) is 0 Å². The molecule has 0 saturated heterocycles. The Balaban J connectivity index is 3.09. The minimum Gasteiger partial charge on any atom is -0.422 e. The highest BCUT2D eigenvalue weighted by Crippen LogP contribution is 2.51. The molecule has 0 radical (unpaired) electrons.